The van der Waals surface area contributed by atoms with Crippen LogP contribution in [-0.2, 0) is 18.1 Å². The van der Waals surface area contributed by atoms with Crippen molar-refractivity contribution in [3.63, 3.8) is 0 Å². The van der Waals surface area contributed by atoms with Crippen LogP contribution in [0.5, 0.6) is 0 Å². The van der Waals surface area contributed by atoms with Gasteiger partial charge in [-0.05, 0) is 43.0 Å². The van der Waals surface area contributed by atoms with E-state index in [1.165, 1.54) is 25.1 Å². The quantitative estimate of drug-likeness (QED) is 0.338. The Morgan fingerprint density at radius 3 is 2.31 bits per heavy atom. The van der Waals surface area contributed by atoms with Crippen molar-refractivity contribution in [3.8, 4) is 0 Å². The first-order valence-electron chi connectivity index (χ1n) is 11.2. The summed E-state index contributed by atoms with van der Waals surface area (Å²) in [6, 6.07) is 7.22. The van der Waals surface area contributed by atoms with E-state index in [2.05, 4.69) is 44.2 Å². The molecule has 3 nitrogen and oxygen atoms in total. The Balaban J connectivity index is 2.01. The number of hydrogen-bond donors (Lipinski definition) is 0. The van der Waals surface area contributed by atoms with Gasteiger partial charge in [0.05, 0.1) is 16.6 Å². The van der Waals surface area contributed by atoms with Crippen molar-refractivity contribution < 1.29 is 13.2 Å². The second kappa shape index (κ2) is 9.86. The molecule has 0 saturated heterocycles. The van der Waals surface area contributed by atoms with Gasteiger partial charge in [-0.2, -0.15) is 13.2 Å². The molecule has 174 valence electrons. The molecule has 0 bridgehead atoms. The number of imidazole rings is 1. The van der Waals surface area contributed by atoms with Gasteiger partial charge in [-0.1, -0.05) is 59.2 Å². The van der Waals surface area contributed by atoms with Gasteiger partial charge >= 0.3 is 6.18 Å². The highest BCUT2D eigenvalue weighted by Gasteiger charge is 2.34. The van der Waals surface area contributed by atoms with Gasteiger partial charge in [-0.15, -0.1) is 0 Å². The standard InChI is InChI=1S/C25H32F3N3S/c1-6-8-17(9-7-2)16-31-21-11-10-18(14-20(21)30-23(31)24(3,4)5)32-22-12-13-29-15-19(22)25(26,27)28/h10-15,17H,6-9,16H2,1-5H3. The Hall–Kier alpha value is -2.02. The highest BCUT2D eigenvalue weighted by Crippen LogP contribution is 2.40. The minimum Gasteiger partial charge on any atom is -0.327 e. The number of fused-ring (bicyclic) bond motifs is 1. The molecule has 2 aromatic heterocycles. The highest BCUT2D eigenvalue weighted by atomic mass is 32.2. The fourth-order valence-corrected chi connectivity index (χ4v) is 5.11. The van der Waals surface area contributed by atoms with E-state index in [9.17, 15) is 13.2 Å². The van der Waals surface area contributed by atoms with Gasteiger partial charge in [0.2, 0.25) is 0 Å². The lowest BCUT2D eigenvalue weighted by Crippen LogP contribution is -2.22. The van der Waals surface area contributed by atoms with Crippen LogP contribution in [0.25, 0.3) is 11.0 Å². The molecule has 7 heteroatoms. The Morgan fingerprint density at radius 2 is 1.72 bits per heavy atom. The lowest BCUT2D eigenvalue weighted by Gasteiger charge is -2.24. The van der Waals surface area contributed by atoms with Crippen LogP contribution in [0, 0.1) is 5.92 Å². The molecule has 0 fully saturated rings. The first-order chi connectivity index (χ1) is 15.0. The highest BCUT2D eigenvalue weighted by molar-refractivity contribution is 7.99. The average molecular weight is 464 g/mol. The van der Waals surface area contributed by atoms with Gasteiger partial charge in [0, 0.05) is 34.1 Å². The van der Waals surface area contributed by atoms with Crippen molar-refractivity contribution in [2.45, 2.75) is 88.2 Å². The zero-order valence-corrected chi connectivity index (χ0v) is 20.3. The molecule has 0 N–H and O–H groups in total. The molecule has 0 unspecified atom stereocenters. The molecule has 3 rings (SSSR count). The third kappa shape index (κ3) is 5.66. The van der Waals surface area contributed by atoms with E-state index in [4.69, 9.17) is 4.98 Å². The Bertz CT molecular complexity index is 1040. The second-order valence-corrected chi connectivity index (χ2v) is 10.5. The Labute approximate surface area is 192 Å². The molecule has 0 spiro atoms. The van der Waals surface area contributed by atoms with Crippen LogP contribution >= 0.6 is 11.8 Å². The van der Waals surface area contributed by atoms with Gasteiger partial charge in [0.15, 0.2) is 0 Å². The van der Waals surface area contributed by atoms with Crippen molar-refractivity contribution in [1.82, 2.24) is 14.5 Å². The topological polar surface area (TPSA) is 30.7 Å². The maximum absolute atomic E-state index is 13.4. The van der Waals surface area contributed by atoms with Crippen molar-refractivity contribution in [2.75, 3.05) is 0 Å². The number of nitrogens with zero attached hydrogens (tertiary/aromatic N) is 3. The Kier molecular flexibility index (Phi) is 7.58. The van der Waals surface area contributed by atoms with Crippen LogP contribution in [0.2, 0.25) is 0 Å². The number of benzene rings is 1. The van der Waals surface area contributed by atoms with E-state index < -0.39 is 11.7 Å². The van der Waals surface area contributed by atoms with Crippen molar-refractivity contribution in [3.05, 3.63) is 48.0 Å². The first kappa shape index (κ1) is 24.6. The van der Waals surface area contributed by atoms with Gasteiger partial charge in [-0.25, -0.2) is 4.98 Å². The molecule has 0 aliphatic carbocycles. The molecule has 0 saturated carbocycles. The van der Waals surface area contributed by atoms with Gasteiger partial charge in [0.1, 0.15) is 5.82 Å². The molecule has 3 aromatic rings. The number of alkyl halides is 3. The minimum atomic E-state index is -4.44. The van der Waals surface area contributed by atoms with Crippen molar-refractivity contribution in [1.29, 1.82) is 0 Å². The summed E-state index contributed by atoms with van der Waals surface area (Å²) in [6.07, 6.45) is 2.49. The van der Waals surface area contributed by atoms with Crippen LogP contribution in [-0.4, -0.2) is 14.5 Å². The normalized spacial score (nSPS) is 12.8. The molecule has 0 amide bonds. The maximum atomic E-state index is 13.4. The molecule has 1 aromatic carbocycles. The van der Waals surface area contributed by atoms with Gasteiger partial charge in [-0.3, -0.25) is 4.98 Å². The van der Waals surface area contributed by atoms with Crippen molar-refractivity contribution in [2.24, 2.45) is 5.92 Å². The maximum Gasteiger partial charge on any atom is 0.418 e. The molecule has 0 aliphatic rings. The van der Waals surface area contributed by atoms with E-state index in [1.54, 1.807) is 0 Å². The molecule has 0 radical (unpaired) electrons. The lowest BCUT2D eigenvalue weighted by atomic mass is 9.94. The zero-order chi connectivity index (χ0) is 23.5. The molecular formula is C25H32F3N3S. The third-order valence-corrected chi connectivity index (χ3v) is 6.60. The molecule has 0 aliphatic heterocycles. The van der Waals surface area contributed by atoms with Gasteiger partial charge in [0.25, 0.3) is 0 Å². The number of halogens is 3. The van der Waals surface area contributed by atoms with Crippen LogP contribution in [0.4, 0.5) is 13.2 Å². The third-order valence-electron chi connectivity index (χ3n) is 5.54. The fraction of sp³-hybridized carbons (Fsp3) is 0.520. The summed E-state index contributed by atoms with van der Waals surface area (Å²) in [7, 11) is 0. The number of aromatic nitrogens is 3. The van der Waals surface area contributed by atoms with E-state index >= 15 is 0 Å². The van der Waals surface area contributed by atoms with E-state index in [-0.39, 0.29) is 10.3 Å². The number of hydrogen-bond acceptors (Lipinski definition) is 3. The summed E-state index contributed by atoms with van der Waals surface area (Å²) in [4.78, 5) is 9.48. The Morgan fingerprint density at radius 1 is 1.03 bits per heavy atom. The smallest absolute Gasteiger partial charge is 0.327 e. The minimum absolute atomic E-state index is 0.135. The van der Waals surface area contributed by atoms with E-state index in [1.807, 2.05) is 18.2 Å². The molecule has 32 heavy (non-hydrogen) atoms. The zero-order valence-electron chi connectivity index (χ0n) is 19.5. The lowest BCUT2D eigenvalue weighted by molar-refractivity contribution is -0.140. The summed E-state index contributed by atoms with van der Waals surface area (Å²) in [5.74, 6) is 1.61. The first-order valence-corrected chi connectivity index (χ1v) is 12.1. The summed E-state index contributed by atoms with van der Waals surface area (Å²) in [5, 5.41) is 0. The molecule has 2 heterocycles. The van der Waals surface area contributed by atoms with E-state index in [0.29, 0.717) is 5.92 Å². The van der Waals surface area contributed by atoms with Gasteiger partial charge < -0.3 is 4.57 Å². The number of pyridine rings is 1. The number of rotatable bonds is 8. The van der Waals surface area contributed by atoms with E-state index in [0.717, 1.165) is 59.1 Å². The summed E-state index contributed by atoms with van der Waals surface area (Å²) in [5.41, 5.74) is 1.02. The van der Waals surface area contributed by atoms with Crippen molar-refractivity contribution >= 4 is 22.8 Å². The largest absolute Gasteiger partial charge is 0.418 e. The summed E-state index contributed by atoms with van der Waals surface area (Å²) >= 11 is 1.10. The predicted molar refractivity (Wildman–Crippen MR) is 125 cm³/mol. The van der Waals surface area contributed by atoms with Crippen LogP contribution in [0.15, 0.2) is 46.5 Å². The second-order valence-electron chi connectivity index (χ2n) is 9.36. The predicted octanol–water partition coefficient (Wildman–Crippen LogP) is 8.12. The summed E-state index contributed by atoms with van der Waals surface area (Å²) < 4.78 is 42.4. The monoisotopic (exact) mass is 463 g/mol. The van der Waals surface area contributed by atoms with Crippen LogP contribution < -0.4 is 0 Å². The molecule has 0 atom stereocenters. The fourth-order valence-electron chi connectivity index (χ4n) is 4.14. The summed E-state index contributed by atoms with van der Waals surface area (Å²) in [6.45, 7) is 11.8. The SMILES string of the molecule is CCCC(CCC)Cn1c(C(C)(C)C)nc2cc(Sc3ccncc3C(F)(F)F)ccc21. The van der Waals surface area contributed by atoms with Crippen LogP contribution in [0.3, 0.4) is 0 Å². The van der Waals surface area contributed by atoms with Crippen LogP contribution in [0.1, 0.15) is 71.7 Å². The molecular weight excluding hydrogens is 431 g/mol. The average Bonchev–Trinajstić information content (AvgIpc) is 3.06.